The van der Waals surface area contributed by atoms with Crippen LogP contribution in [0.3, 0.4) is 0 Å². The molecule has 0 aromatic heterocycles. The molecule has 2 aliphatic rings. The summed E-state index contributed by atoms with van der Waals surface area (Å²) in [6.07, 6.45) is 8.03. The molecule has 1 N–H and O–H groups in total. The van der Waals surface area contributed by atoms with E-state index in [9.17, 15) is 0 Å². The van der Waals surface area contributed by atoms with Crippen molar-refractivity contribution in [3.05, 3.63) is 0 Å². The van der Waals surface area contributed by atoms with Gasteiger partial charge in [0, 0.05) is 37.5 Å². The highest BCUT2D eigenvalue weighted by Gasteiger charge is 2.26. The van der Waals surface area contributed by atoms with E-state index in [0.717, 1.165) is 11.3 Å². The summed E-state index contributed by atoms with van der Waals surface area (Å²) in [7, 11) is 0. The number of thioether (sulfide) groups is 1. The SMILES string of the molecule is CSC1CCCC(N2CCNCC2)C1. The summed E-state index contributed by atoms with van der Waals surface area (Å²) in [5.41, 5.74) is 0. The zero-order chi connectivity index (χ0) is 9.80. The quantitative estimate of drug-likeness (QED) is 0.751. The van der Waals surface area contributed by atoms with Gasteiger partial charge in [0.1, 0.15) is 0 Å². The highest BCUT2D eigenvalue weighted by atomic mass is 32.2. The van der Waals surface area contributed by atoms with Gasteiger partial charge in [-0.1, -0.05) is 6.42 Å². The Bertz CT molecular complexity index is 169. The molecule has 0 radical (unpaired) electrons. The normalized spacial score (nSPS) is 35.8. The minimum Gasteiger partial charge on any atom is -0.314 e. The predicted molar refractivity (Wildman–Crippen MR) is 64.0 cm³/mol. The van der Waals surface area contributed by atoms with Crippen molar-refractivity contribution < 1.29 is 0 Å². The number of hydrogen-bond donors (Lipinski definition) is 1. The topological polar surface area (TPSA) is 15.3 Å². The molecule has 2 atom stereocenters. The molecule has 2 unspecified atom stereocenters. The molecule has 0 aromatic carbocycles. The van der Waals surface area contributed by atoms with E-state index in [1.54, 1.807) is 0 Å². The molecule has 2 fully saturated rings. The van der Waals surface area contributed by atoms with E-state index in [0.29, 0.717) is 0 Å². The number of hydrogen-bond acceptors (Lipinski definition) is 3. The Morgan fingerprint density at radius 2 is 2.00 bits per heavy atom. The zero-order valence-electron chi connectivity index (χ0n) is 9.17. The van der Waals surface area contributed by atoms with Crippen LogP contribution in [0.5, 0.6) is 0 Å². The van der Waals surface area contributed by atoms with Gasteiger partial charge in [-0.2, -0.15) is 11.8 Å². The summed E-state index contributed by atoms with van der Waals surface area (Å²) in [6, 6.07) is 0.892. The summed E-state index contributed by atoms with van der Waals surface area (Å²) < 4.78 is 0. The molecule has 2 nitrogen and oxygen atoms in total. The van der Waals surface area contributed by atoms with Gasteiger partial charge in [-0.05, 0) is 25.5 Å². The lowest BCUT2D eigenvalue weighted by Crippen LogP contribution is -2.49. The van der Waals surface area contributed by atoms with E-state index in [2.05, 4.69) is 28.2 Å². The second-order valence-electron chi connectivity index (χ2n) is 4.46. The highest BCUT2D eigenvalue weighted by Crippen LogP contribution is 2.29. The third kappa shape index (κ3) is 2.65. The lowest BCUT2D eigenvalue weighted by atomic mass is 9.93. The van der Waals surface area contributed by atoms with Crippen LogP contribution in [0.1, 0.15) is 25.7 Å². The van der Waals surface area contributed by atoms with Gasteiger partial charge in [-0.3, -0.25) is 4.90 Å². The summed E-state index contributed by atoms with van der Waals surface area (Å²) in [6.45, 7) is 4.93. The van der Waals surface area contributed by atoms with Crippen molar-refractivity contribution in [2.45, 2.75) is 37.0 Å². The van der Waals surface area contributed by atoms with E-state index >= 15 is 0 Å². The fraction of sp³-hybridized carbons (Fsp3) is 1.00. The van der Waals surface area contributed by atoms with Gasteiger partial charge in [0.15, 0.2) is 0 Å². The van der Waals surface area contributed by atoms with Crippen LogP contribution < -0.4 is 5.32 Å². The number of piperazine rings is 1. The van der Waals surface area contributed by atoms with Gasteiger partial charge >= 0.3 is 0 Å². The molecule has 1 aliphatic heterocycles. The summed E-state index contributed by atoms with van der Waals surface area (Å²) in [5, 5.41) is 4.37. The Balaban J connectivity index is 1.83. The van der Waals surface area contributed by atoms with Gasteiger partial charge in [0.05, 0.1) is 0 Å². The van der Waals surface area contributed by atoms with Gasteiger partial charge < -0.3 is 5.32 Å². The van der Waals surface area contributed by atoms with E-state index in [1.165, 1.54) is 51.9 Å². The maximum absolute atomic E-state index is 3.43. The average molecular weight is 214 g/mol. The van der Waals surface area contributed by atoms with Gasteiger partial charge in [0.2, 0.25) is 0 Å². The molecule has 0 bridgehead atoms. The van der Waals surface area contributed by atoms with Crippen LogP contribution >= 0.6 is 11.8 Å². The number of nitrogens with one attached hydrogen (secondary N) is 1. The molecule has 1 heterocycles. The predicted octanol–water partition coefficient (Wildman–Crippen LogP) is 1.57. The Morgan fingerprint density at radius 3 is 2.71 bits per heavy atom. The van der Waals surface area contributed by atoms with Crippen molar-refractivity contribution in [3.8, 4) is 0 Å². The Kier molecular flexibility index (Phi) is 4.14. The third-order valence-corrected chi connectivity index (χ3v) is 4.69. The highest BCUT2D eigenvalue weighted by molar-refractivity contribution is 7.99. The lowest BCUT2D eigenvalue weighted by molar-refractivity contribution is 0.141. The second-order valence-corrected chi connectivity index (χ2v) is 5.60. The molecular weight excluding hydrogens is 192 g/mol. The minimum atomic E-state index is 0.892. The zero-order valence-corrected chi connectivity index (χ0v) is 9.98. The maximum Gasteiger partial charge on any atom is 0.0110 e. The molecule has 0 aromatic rings. The van der Waals surface area contributed by atoms with Gasteiger partial charge in [-0.15, -0.1) is 0 Å². The molecule has 0 amide bonds. The van der Waals surface area contributed by atoms with E-state index in [-0.39, 0.29) is 0 Å². The van der Waals surface area contributed by atoms with Crippen LogP contribution in [0.2, 0.25) is 0 Å². The van der Waals surface area contributed by atoms with Crippen molar-refractivity contribution in [3.63, 3.8) is 0 Å². The fourth-order valence-electron chi connectivity index (χ4n) is 2.71. The monoisotopic (exact) mass is 214 g/mol. The minimum absolute atomic E-state index is 0.892. The lowest BCUT2D eigenvalue weighted by Gasteiger charge is -2.39. The first-order chi connectivity index (χ1) is 6.90. The van der Waals surface area contributed by atoms with Crippen LogP contribution in [0.4, 0.5) is 0 Å². The van der Waals surface area contributed by atoms with E-state index in [4.69, 9.17) is 0 Å². The third-order valence-electron chi connectivity index (χ3n) is 3.60. The summed E-state index contributed by atoms with van der Waals surface area (Å²) in [5.74, 6) is 0. The van der Waals surface area contributed by atoms with Crippen LogP contribution in [0.25, 0.3) is 0 Å². The van der Waals surface area contributed by atoms with Crippen LogP contribution in [-0.4, -0.2) is 48.6 Å². The molecule has 14 heavy (non-hydrogen) atoms. The van der Waals surface area contributed by atoms with Crippen LogP contribution in [-0.2, 0) is 0 Å². The molecule has 3 heteroatoms. The smallest absolute Gasteiger partial charge is 0.0110 e. The van der Waals surface area contributed by atoms with Crippen molar-refractivity contribution in [1.29, 1.82) is 0 Å². The van der Waals surface area contributed by atoms with Crippen molar-refractivity contribution >= 4 is 11.8 Å². The number of rotatable bonds is 2. The largest absolute Gasteiger partial charge is 0.314 e. The Morgan fingerprint density at radius 1 is 1.21 bits per heavy atom. The van der Waals surface area contributed by atoms with Crippen LogP contribution in [0.15, 0.2) is 0 Å². The Labute approximate surface area is 91.8 Å². The average Bonchev–Trinajstić information content (AvgIpc) is 2.30. The standard InChI is InChI=1S/C11H22N2S/c1-14-11-4-2-3-10(9-11)13-7-5-12-6-8-13/h10-12H,2-9H2,1H3. The summed E-state index contributed by atoms with van der Waals surface area (Å²) >= 11 is 2.07. The molecule has 2 rings (SSSR count). The Hall–Kier alpha value is 0.270. The van der Waals surface area contributed by atoms with E-state index in [1.807, 2.05) is 0 Å². The fourth-order valence-corrected chi connectivity index (χ4v) is 3.53. The molecule has 1 saturated heterocycles. The maximum atomic E-state index is 3.43. The second kappa shape index (κ2) is 5.38. The first-order valence-electron chi connectivity index (χ1n) is 5.87. The van der Waals surface area contributed by atoms with Crippen LogP contribution in [0, 0.1) is 0 Å². The van der Waals surface area contributed by atoms with Crippen molar-refractivity contribution in [1.82, 2.24) is 10.2 Å². The van der Waals surface area contributed by atoms with Gasteiger partial charge in [-0.25, -0.2) is 0 Å². The van der Waals surface area contributed by atoms with E-state index < -0.39 is 0 Å². The molecule has 0 spiro atoms. The van der Waals surface area contributed by atoms with Gasteiger partial charge in [0.25, 0.3) is 0 Å². The van der Waals surface area contributed by atoms with Crippen molar-refractivity contribution in [2.75, 3.05) is 32.4 Å². The first kappa shape index (κ1) is 10.8. The molecule has 1 aliphatic carbocycles. The summed E-state index contributed by atoms with van der Waals surface area (Å²) in [4.78, 5) is 2.71. The van der Waals surface area contributed by atoms with Crippen molar-refractivity contribution in [2.24, 2.45) is 0 Å². The molecule has 1 saturated carbocycles. The molecule has 82 valence electrons. The first-order valence-corrected chi connectivity index (χ1v) is 7.16. The molecular formula is C11H22N2S. The number of nitrogens with zero attached hydrogens (tertiary/aromatic N) is 1.